The van der Waals surface area contributed by atoms with Gasteiger partial charge in [-0.25, -0.2) is 4.98 Å². The lowest BCUT2D eigenvalue weighted by Gasteiger charge is -2.16. The maximum Gasteiger partial charge on any atom is 0.280 e. The Hall–Kier alpha value is -1.62. The van der Waals surface area contributed by atoms with Gasteiger partial charge in [-0.2, -0.15) is 4.98 Å². The first-order valence-corrected chi connectivity index (χ1v) is 7.20. The van der Waals surface area contributed by atoms with Gasteiger partial charge < -0.3 is 20.7 Å². The van der Waals surface area contributed by atoms with Crippen molar-refractivity contribution in [1.29, 1.82) is 0 Å². The highest BCUT2D eigenvalue weighted by Crippen LogP contribution is 2.42. The molecule has 2 aromatic rings. The highest BCUT2D eigenvalue weighted by atomic mass is 32.2. The second-order valence-corrected chi connectivity index (χ2v) is 6.14. The number of methoxy groups -OCH3 is 1. The van der Waals surface area contributed by atoms with Gasteiger partial charge in [0.1, 0.15) is 11.5 Å². The Morgan fingerprint density at radius 2 is 2.29 bits per heavy atom. The summed E-state index contributed by atoms with van der Waals surface area (Å²) in [5.74, 6) is -0.0271. The molecular weight excluding hydrogens is 298 g/mol. The van der Waals surface area contributed by atoms with Crippen molar-refractivity contribution in [2.24, 2.45) is 0 Å². The summed E-state index contributed by atoms with van der Waals surface area (Å²) >= 11 is 1.34. The van der Waals surface area contributed by atoms with Gasteiger partial charge in [0.15, 0.2) is 11.2 Å². The highest BCUT2D eigenvalue weighted by Gasteiger charge is 2.43. The standard InChI is InChI=1S/C11H15N5O4S/c1-20-2-4-6(17)7(18)10(21-4)16-3-13-5-8(16)14-11(12)15-9(5)19/h3-4,6-7,10,17-18H,2H2,1H3,(H3,12,14,15,19)/t4-,6-,7+,10-/m1/s1. The number of aromatic nitrogens is 4. The van der Waals surface area contributed by atoms with Gasteiger partial charge >= 0.3 is 0 Å². The summed E-state index contributed by atoms with van der Waals surface area (Å²) in [6, 6.07) is 0. The molecule has 0 aromatic carbocycles. The molecule has 3 heterocycles. The molecule has 4 atom stereocenters. The highest BCUT2D eigenvalue weighted by molar-refractivity contribution is 8.00. The van der Waals surface area contributed by atoms with Crippen LogP contribution in [0.5, 0.6) is 0 Å². The van der Waals surface area contributed by atoms with E-state index in [1.54, 1.807) is 4.57 Å². The van der Waals surface area contributed by atoms with Crippen molar-refractivity contribution < 1.29 is 14.9 Å². The van der Waals surface area contributed by atoms with Gasteiger partial charge in [-0.05, 0) is 0 Å². The minimum absolute atomic E-state index is 0.0271. The van der Waals surface area contributed by atoms with Crippen molar-refractivity contribution >= 4 is 28.9 Å². The zero-order chi connectivity index (χ0) is 15.1. The topological polar surface area (TPSA) is 139 Å². The molecular formula is C11H15N5O4S. The number of imidazole rings is 1. The first-order valence-electron chi connectivity index (χ1n) is 6.25. The first-order chi connectivity index (χ1) is 10.0. The molecule has 0 amide bonds. The Labute approximate surface area is 123 Å². The van der Waals surface area contributed by atoms with Crippen LogP contribution in [0.4, 0.5) is 5.95 Å². The monoisotopic (exact) mass is 313 g/mol. The van der Waals surface area contributed by atoms with Crippen molar-refractivity contribution in [3.05, 3.63) is 16.7 Å². The van der Waals surface area contributed by atoms with Crippen LogP contribution in [0.25, 0.3) is 11.2 Å². The van der Waals surface area contributed by atoms with Crippen LogP contribution < -0.4 is 11.3 Å². The van der Waals surface area contributed by atoms with Crippen molar-refractivity contribution in [1.82, 2.24) is 19.5 Å². The number of nitrogens with two attached hydrogens (primary N) is 1. The summed E-state index contributed by atoms with van der Waals surface area (Å²) < 4.78 is 6.58. The molecule has 1 aliphatic rings. The molecule has 2 aromatic heterocycles. The molecule has 0 aliphatic carbocycles. The number of hydrogen-bond acceptors (Lipinski definition) is 8. The molecule has 10 heteroatoms. The minimum Gasteiger partial charge on any atom is -0.389 e. The summed E-state index contributed by atoms with van der Waals surface area (Å²) in [4.78, 5) is 22.2. The molecule has 1 aliphatic heterocycles. The number of nitrogen functional groups attached to an aromatic ring is 1. The van der Waals surface area contributed by atoms with Crippen LogP contribution in [0.2, 0.25) is 0 Å². The predicted octanol–water partition coefficient (Wildman–Crippen LogP) is -1.32. The molecule has 1 saturated heterocycles. The normalized spacial score (nSPS) is 29.3. The quantitative estimate of drug-likeness (QED) is 0.547. The second kappa shape index (κ2) is 5.30. The van der Waals surface area contributed by atoms with E-state index >= 15 is 0 Å². The van der Waals surface area contributed by atoms with E-state index < -0.39 is 23.1 Å². The average Bonchev–Trinajstić information content (AvgIpc) is 2.96. The molecule has 1 fully saturated rings. The molecule has 0 radical (unpaired) electrons. The molecule has 5 N–H and O–H groups in total. The van der Waals surface area contributed by atoms with Gasteiger partial charge in [0.05, 0.1) is 24.3 Å². The maximum absolute atomic E-state index is 11.8. The van der Waals surface area contributed by atoms with Gasteiger partial charge in [0.2, 0.25) is 5.95 Å². The number of rotatable bonds is 3. The molecule has 114 valence electrons. The van der Waals surface area contributed by atoms with Gasteiger partial charge in [-0.15, -0.1) is 11.8 Å². The average molecular weight is 313 g/mol. The SMILES string of the molecule is COC[C@H]1S[C@@H](n2cnc3c(=O)[nH]c(N)nc32)[C@@H](O)[C@@H]1O. The van der Waals surface area contributed by atoms with E-state index in [4.69, 9.17) is 10.5 Å². The number of hydrogen-bond donors (Lipinski definition) is 4. The number of ether oxygens (including phenoxy) is 1. The summed E-state index contributed by atoms with van der Waals surface area (Å²) in [7, 11) is 1.53. The number of aliphatic hydroxyl groups is 2. The first kappa shape index (κ1) is 14.3. The number of nitrogens with zero attached hydrogens (tertiary/aromatic N) is 3. The molecule has 0 spiro atoms. The maximum atomic E-state index is 11.8. The zero-order valence-electron chi connectivity index (χ0n) is 11.1. The van der Waals surface area contributed by atoms with Crippen LogP contribution >= 0.6 is 11.8 Å². The fourth-order valence-electron chi connectivity index (χ4n) is 2.39. The number of H-pyrrole nitrogens is 1. The van der Waals surface area contributed by atoms with Crippen molar-refractivity contribution in [3.8, 4) is 0 Å². The number of nitrogens with one attached hydrogen (secondary N) is 1. The number of aromatic amines is 1. The fraction of sp³-hybridized carbons (Fsp3) is 0.545. The predicted molar refractivity (Wildman–Crippen MR) is 76.9 cm³/mol. The third-order valence-electron chi connectivity index (χ3n) is 3.39. The van der Waals surface area contributed by atoms with E-state index in [0.29, 0.717) is 6.61 Å². The Kier molecular flexibility index (Phi) is 3.61. The number of fused-ring (bicyclic) bond motifs is 1. The van der Waals surface area contributed by atoms with Crippen LogP contribution in [-0.4, -0.2) is 60.9 Å². The van der Waals surface area contributed by atoms with E-state index in [1.807, 2.05) is 0 Å². The fourth-order valence-corrected chi connectivity index (χ4v) is 3.89. The molecule has 0 bridgehead atoms. The lowest BCUT2D eigenvalue weighted by atomic mass is 10.1. The summed E-state index contributed by atoms with van der Waals surface area (Å²) in [6.45, 7) is 0.308. The zero-order valence-corrected chi connectivity index (χ0v) is 11.9. The molecule has 0 unspecified atom stereocenters. The van der Waals surface area contributed by atoms with Gasteiger partial charge in [0.25, 0.3) is 5.56 Å². The van der Waals surface area contributed by atoms with Crippen LogP contribution in [-0.2, 0) is 4.74 Å². The van der Waals surface area contributed by atoms with E-state index in [2.05, 4.69) is 15.0 Å². The van der Waals surface area contributed by atoms with Crippen LogP contribution in [0, 0.1) is 0 Å². The van der Waals surface area contributed by atoms with Gasteiger partial charge in [-0.1, -0.05) is 0 Å². The van der Waals surface area contributed by atoms with E-state index in [-0.39, 0.29) is 22.4 Å². The molecule has 9 nitrogen and oxygen atoms in total. The Balaban J connectivity index is 2.03. The minimum atomic E-state index is -1.02. The van der Waals surface area contributed by atoms with Crippen molar-refractivity contribution in [3.63, 3.8) is 0 Å². The Morgan fingerprint density at radius 1 is 1.52 bits per heavy atom. The smallest absolute Gasteiger partial charge is 0.280 e. The number of aliphatic hydroxyl groups excluding tert-OH is 2. The largest absolute Gasteiger partial charge is 0.389 e. The van der Waals surface area contributed by atoms with E-state index in [9.17, 15) is 15.0 Å². The number of thioether (sulfide) groups is 1. The summed E-state index contributed by atoms with van der Waals surface area (Å²) in [5.41, 5.74) is 5.52. The van der Waals surface area contributed by atoms with Crippen molar-refractivity contribution in [2.75, 3.05) is 19.5 Å². The lowest BCUT2D eigenvalue weighted by molar-refractivity contribution is 0.00767. The summed E-state index contributed by atoms with van der Waals surface area (Å²) in [6.07, 6.45) is -0.540. The Morgan fingerprint density at radius 3 is 3.00 bits per heavy atom. The lowest BCUT2D eigenvalue weighted by Crippen LogP contribution is -2.33. The molecule has 21 heavy (non-hydrogen) atoms. The van der Waals surface area contributed by atoms with Crippen LogP contribution in [0.1, 0.15) is 5.37 Å². The second-order valence-electron chi connectivity index (χ2n) is 4.78. The molecule has 3 rings (SSSR count). The van der Waals surface area contributed by atoms with Crippen LogP contribution in [0.15, 0.2) is 11.1 Å². The number of anilines is 1. The Bertz CT molecular complexity index is 716. The van der Waals surface area contributed by atoms with Gasteiger partial charge in [-0.3, -0.25) is 14.3 Å². The van der Waals surface area contributed by atoms with E-state index in [1.165, 1.54) is 25.2 Å². The van der Waals surface area contributed by atoms with Crippen molar-refractivity contribution in [2.45, 2.75) is 22.8 Å². The van der Waals surface area contributed by atoms with Gasteiger partial charge in [0, 0.05) is 7.11 Å². The van der Waals surface area contributed by atoms with Crippen LogP contribution in [0.3, 0.4) is 0 Å². The summed E-state index contributed by atoms with van der Waals surface area (Å²) in [5, 5.41) is 19.5. The third-order valence-corrected chi connectivity index (χ3v) is 4.94. The molecule has 0 saturated carbocycles. The third kappa shape index (κ3) is 2.29. The van der Waals surface area contributed by atoms with E-state index in [0.717, 1.165) is 0 Å².